The van der Waals surface area contributed by atoms with Crippen LogP contribution in [0.3, 0.4) is 0 Å². The van der Waals surface area contributed by atoms with Crippen molar-refractivity contribution in [1.29, 1.82) is 0 Å². The van der Waals surface area contributed by atoms with Crippen LogP contribution in [-0.4, -0.2) is 21.8 Å². The predicted molar refractivity (Wildman–Crippen MR) is 71.7 cm³/mol. The fourth-order valence-electron chi connectivity index (χ4n) is 1.66. The van der Waals surface area contributed by atoms with Crippen LogP contribution in [0.2, 0.25) is 0 Å². The van der Waals surface area contributed by atoms with E-state index in [1.54, 1.807) is 0 Å². The third-order valence-corrected chi connectivity index (χ3v) is 2.71. The molecule has 0 unspecified atom stereocenters. The molecule has 1 aromatic carbocycles. The number of methoxy groups -OCH3 is 1. The van der Waals surface area contributed by atoms with Crippen molar-refractivity contribution in [1.82, 2.24) is 9.78 Å². The van der Waals surface area contributed by atoms with E-state index in [-0.39, 0.29) is 23.7 Å². The number of nitro groups is 1. The Hall–Kier alpha value is -2.90. The van der Waals surface area contributed by atoms with Crippen molar-refractivity contribution in [3.8, 4) is 5.88 Å². The summed E-state index contributed by atoms with van der Waals surface area (Å²) in [6, 6.07) is 6.80. The quantitative estimate of drug-likeness (QED) is 0.501. The zero-order valence-electron chi connectivity index (χ0n) is 10.6. The van der Waals surface area contributed by atoms with Gasteiger partial charge in [-0.1, -0.05) is 0 Å². The van der Waals surface area contributed by atoms with E-state index < -0.39 is 4.92 Å². The smallest absolute Gasteiger partial charge is 0.269 e. The van der Waals surface area contributed by atoms with Gasteiger partial charge in [-0.2, -0.15) is 0 Å². The van der Waals surface area contributed by atoms with E-state index in [1.807, 2.05) is 0 Å². The number of ether oxygens (including phenoxy) is 1. The molecule has 2 rings (SSSR count). The summed E-state index contributed by atoms with van der Waals surface area (Å²) in [7, 11) is 1.43. The lowest BCUT2D eigenvalue weighted by Crippen LogP contribution is -2.23. The second-order valence-corrected chi connectivity index (χ2v) is 4.01. The van der Waals surface area contributed by atoms with Crippen molar-refractivity contribution in [2.24, 2.45) is 0 Å². The summed E-state index contributed by atoms with van der Waals surface area (Å²) in [5, 5.41) is 14.7. The number of nitrogens with zero attached hydrogens (tertiary/aromatic N) is 3. The molecule has 2 N–H and O–H groups in total. The Balaban J connectivity index is 2.41. The second-order valence-electron chi connectivity index (χ2n) is 4.01. The number of nitrogens with two attached hydrogens (primary N) is 1. The van der Waals surface area contributed by atoms with Gasteiger partial charge in [-0.3, -0.25) is 14.9 Å². The molecular formula is C12H12N4O4. The summed E-state index contributed by atoms with van der Waals surface area (Å²) in [4.78, 5) is 21.9. The Labute approximate surface area is 113 Å². The van der Waals surface area contributed by atoms with E-state index >= 15 is 0 Å². The molecule has 0 amide bonds. The Kier molecular flexibility index (Phi) is 3.65. The molecule has 0 fully saturated rings. The van der Waals surface area contributed by atoms with Crippen molar-refractivity contribution in [3.63, 3.8) is 0 Å². The van der Waals surface area contributed by atoms with Crippen molar-refractivity contribution < 1.29 is 9.66 Å². The molecule has 1 heterocycles. The lowest BCUT2D eigenvalue weighted by atomic mass is 10.1. The minimum atomic E-state index is -0.523. The monoisotopic (exact) mass is 276 g/mol. The molecule has 20 heavy (non-hydrogen) atoms. The van der Waals surface area contributed by atoms with E-state index in [4.69, 9.17) is 10.5 Å². The molecule has 8 heteroatoms. The van der Waals surface area contributed by atoms with Gasteiger partial charge >= 0.3 is 0 Å². The fraction of sp³-hybridized carbons (Fsp3) is 0.167. The van der Waals surface area contributed by atoms with Gasteiger partial charge in [0.15, 0.2) is 0 Å². The van der Waals surface area contributed by atoms with Crippen LogP contribution in [0.25, 0.3) is 0 Å². The highest BCUT2D eigenvalue weighted by Gasteiger charge is 2.11. The van der Waals surface area contributed by atoms with Gasteiger partial charge in [0.05, 0.1) is 18.6 Å². The fourth-order valence-corrected chi connectivity index (χ4v) is 1.66. The standard InChI is InChI=1S/C12H12N4O4/c1-20-11-4-5-12(17)15(14-11)7-8-6-9(16(18)19)2-3-10(8)13/h2-6H,7,13H2,1H3. The maximum Gasteiger partial charge on any atom is 0.269 e. The number of hydrogen-bond donors (Lipinski definition) is 1. The minimum Gasteiger partial charge on any atom is -0.480 e. The van der Waals surface area contributed by atoms with Crippen LogP contribution in [0.5, 0.6) is 5.88 Å². The number of aromatic nitrogens is 2. The predicted octanol–water partition coefficient (Wildman–Crippen LogP) is 0.791. The first-order chi connectivity index (χ1) is 9.51. The molecule has 0 aliphatic rings. The normalized spacial score (nSPS) is 10.2. The Morgan fingerprint density at radius 1 is 1.40 bits per heavy atom. The highest BCUT2D eigenvalue weighted by molar-refractivity contribution is 5.52. The zero-order valence-corrected chi connectivity index (χ0v) is 10.6. The molecule has 8 nitrogen and oxygen atoms in total. The molecule has 0 saturated heterocycles. The van der Waals surface area contributed by atoms with Gasteiger partial charge in [-0.15, -0.1) is 5.10 Å². The molecule has 0 radical (unpaired) electrons. The summed E-state index contributed by atoms with van der Waals surface area (Å²) in [5.41, 5.74) is 6.12. The summed E-state index contributed by atoms with van der Waals surface area (Å²) in [5.74, 6) is 0.272. The van der Waals surface area contributed by atoms with Gasteiger partial charge < -0.3 is 10.5 Å². The van der Waals surface area contributed by atoms with Crippen LogP contribution in [0, 0.1) is 10.1 Å². The Morgan fingerprint density at radius 3 is 2.80 bits per heavy atom. The molecule has 0 aliphatic carbocycles. The van der Waals surface area contributed by atoms with E-state index in [0.29, 0.717) is 11.3 Å². The molecular weight excluding hydrogens is 264 g/mol. The molecule has 1 aromatic heterocycles. The van der Waals surface area contributed by atoms with Crippen molar-refractivity contribution in [3.05, 3.63) is 56.4 Å². The number of hydrogen-bond acceptors (Lipinski definition) is 6. The van der Waals surface area contributed by atoms with Crippen LogP contribution in [-0.2, 0) is 6.54 Å². The Morgan fingerprint density at radius 2 is 2.15 bits per heavy atom. The first-order valence-corrected chi connectivity index (χ1v) is 5.66. The van der Waals surface area contributed by atoms with E-state index in [1.165, 1.54) is 37.4 Å². The maximum absolute atomic E-state index is 11.7. The van der Waals surface area contributed by atoms with E-state index in [2.05, 4.69) is 5.10 Å². The van der Waals surface area contributed by atoms with Crippen LogP contribution in [0.15, 0.2) is 35.1 Å². The number of nitrogen functional groups attached to an aromatic ring is 1. The van der Waals surface area contributed by atoms with Gasteiger partial charge in [0.25, 0.3) is 11.2 Å². The molecule has 2 aromatic rings. The molecule has 0 spiro atoms. The maximum atomic E-state index is 11.7. The number of nitro benzene ring substituents is 1. The molecule has 0 saturated carbocycles. The van der Waals surface area contributed by atoms with Crippen molar-refractivity contribution in [2.45, 2.75) is 6.54 Å². The van der Waals surface area contributed by atoms with Gasteiger partial charge in [-0.05, 0) is 6.07 Å². The third-order valence-electron chi connectivity index (χ3n) is 2.71. The average Bonchev–Trinajstić information content (AvgIpc) is 2.43. The second kappa shape index (κ2) is 5.39. The lowest BCUT2D eigenvalue weighted by Gasteiger charge is -2.08. The summed E-state index contributed by atoms with van der Waals surface area (Å²) < 4.78 is 6.06. The zero-order chi connectivity index (χ0) is 14.7. The van der Waals surface area contributed by atoms with Crippen LogP contribution < -0.4 is 16.0 Å². The SMILES string of the molecule is COc1ccc(=O)n(Cc2cc([N+](=O)[O-])ccc2N)n1. The first kappa shape index (κ1) is 13.5. The van der Waals surface area contributed by atoms with E-state index in [9.17, 15) is 14.9 Å². The molecule has 0 atom stereocenters. The number of rotatable bonds is 4. The van der Waals surface area contributed by atoms with Crippen molar-refractivity contribution >= 4 is 11.4 Å². The van der Waals surface area contributed by atoms with Crippen LogP contribution >= 0.6 is 0 Å². The van der Waals surface area contributed by atoms with Crippen LogP contribution in [0.4, 0.5) is 11.4 Å². The highest BCUT2D eigenvalue weighted by Crippen LogP contribution is 2.20. The van der Waals surface area contributed by atoms with E-state index in [0.717, 1.165) is 4.68 Å². The average molecular weight is 276 g/mol. The largest absolute Gasteiger partial charge is 0.480 e. The number of anilines is 1. The summed E-state index contributed by atoms with van der Waals surface area (Å²) in [6.45, 7) is 0.0313. The van der Waals surface area contributed by atoms with Gasteiger partial charge in [0.1, 0.15) is 0 Å². The van der Waals surface area contributed by atoms with Gasteiger partial charge in [0.2, 0.25) is 5.88 Å². The molecule has 104 valence electrons. The van der Waals surface area contributed by atoms with Crippen molar-refractivity contribution in [2.75, 3.05) is 12.8 Å². The summed E-state index contributed by atoms with van der Waals surface area (Å²) in [6.07, 6.45) is 0. The number of non-ortho nitro benzene ring substituents is 1. The van der Waals surface area contributed by atoms with Gasteiger partial charge in [0, 0.05) is 35.5 Å². The highest BCUT2D eigenvalue weighted by atomic mass is 16.6. The lowest BCUT2D eigenvalue weighted by molar-refractivity contribution is -0.384. The minimum absolute atomic E-state index is 0.0313. The summed E-state index contributed by atoms with van der Waals surface area (Å²) >= 11 is 0. The molecule has 0 bridgehead atoms. The topological polar surface area (TPSA) is 113 Å². The molecule has 0 aliphatic heterocycles. The Bertz CT molecular complexity index is 711. The van der Waals surface area contributed by atoms with Gasteiger partial charge in [-0.25, -0.2) is 4.68 Å². The number of benzene rings is 1. The third kappa shape index (κ3) is 2.74. The first-order valence-electron chi connectivity index (χ1n) is 5.66. The van der Waals surface area contributed by atoms with Crippen LogP contribution in [0.1, 0.15) is 5.56 Å².